The number of allylic oxidation sites excluding steroid dienone is 3. The van der Waals surface area contributed by atoms with Gasteiger partial charge in [-0.1, -0.05) is 39.3 Å². The zero-order chi connectivity index (χ0) is 31.7. The third-order valence-corrected chi connectivity index (χ3v) is 7.52. The third kappa shape index (κ3) is 13.8. The Kier molecular flexibility index (Phi) is 19.5. The minimum absolute atomic E-state index is 0. The molecular weight excluding hydrogens is 578 g/mol. The van der Waals surface area contributed by atoms with Crippen LogP contribution < -0.4 is 71.1 Å². The van der Waals surface area contributed by atoms with Crippen molar-refractivity contribution >= 4 is 23.0 Å². The molecule has 1 heterocycles. The molecule has 1 unspecified atom stereocenters. The van der Waals surface area contributed by atoms with Crippen molar-refractivity contribution in [2.45, 2.75) is 65.4 Å². The molecule has 0 spiro atoms. The molecule has 0 saturated carbocycles. The van der Waals surface area contributed by atoms with E-state index in [0.717, 1.165) is 61.9 Å². The number of carbonyl (C=O) groups excluding carboxylic acids is 1. The van der Waals surface area contributed by atoms with Crippen LogP contribution in [0.25, 0.3) is 0 Å². The number of piperidine rings is 1. The number of methoxy groups -OCH3 is 2. The zero-order valence-corrected chi connectivity index (χ0v) is 30.9. The number of amides is 1. The predicted octanol–water partition coefficient (Wildman–Crippen LogP) is 4.83. The first-order chi connectivity index (χ1) is 20.7. The number of hydrogen-bond acceptors (Lipinski definition) is 6. The summed E-state index contributed by atoms with van der Waals surface area (Å²) in [5.74, 6) is 1.73. The third-order valence-electron chi connectivity index (χ3n) is 7.52. The summed E-state index contributed by atoms with van der Waals surface area (Å²) in [6.45, 7) is 15.0. The number of carbonyl (C=O) groups is 1. The second-order valence-corrected chi connectivity index (χ2v) is 10.8. The van der Waals surface area contributed by atoms with Crippen molar-refractivity contribution in [3.05, 3.63) is 85.0 Å². The van der Waals surface area contributed by atoms with Gasteiger partial charge >= 0.3 is 51.4 Å². The maximum absolute atomic E-state index is 12.0. The van der Waals surface area contributed by atoms with Gasteiger partial charge < -0.3 is 29.8 Å². The van der Waals surface area contributed by atoms with Crippen molar-refractivity contribution in [1.29, 1.82) is 5.41 Å². The van der Waals surface area contributed by atoms with Crippen molar-refractivity contribution in [1.82, 2.24) is 0 Å². The fraction of sp³-hybridized carbons (Fsp3) is 0.444. The van der Waals surface area contributed by atoms with Gasteiger partial charge in [0.25, 0.3) is 0 Å². The van der Waals surface area contributed by atoms with Crippen LogP contribution in [0.3, 0.4) is 0 Å². The van der Waals surface area contributed by atoms with E-state index in [4.69, 9.17) is 19.6 Å². The summed E-state index contributed by atoms with van der Waals surface area (Å²) in [5.41, 5.74) is 2.67. The van der Waals surface area contributed by atoms with E-state index in [1.807, 2.05) is 49.4 Å². The summed E-state index contributed by atoms with van der Waals surface area (Å²) < 4.78 is 16.5. The molecule has 1 fully saturated rings. The van der Waals surface area contributed by atoms with E-state index < -0.39 is 5.91 Å². The van der Waals surface area contributed by atoms with Gasteiger partial charge in [0.15, 0.2) is 5.91 Å². The van der Waals surface area contributed by atoms with Gasteiger partial charge in [0.05, 0.1) is 19.8 Å². The Morgan fingerprint density at radius 1 is 1.11 bits per heavy atom. The number of hydrogen-bond donors (Lipinski definition) is 2. The van der Waals surface area contributed by atoms with Crippen LogP contribution in [0.15, 0.2) is 67.3 Å². The first-order valence-electron chi connectivity index (χ1n) is 15.1. The molecule has 0 radical (unpaired) electrons. The normalized spacial score (nSPS) is 14.6. The average molecular weight is 627 g/mol. The van der Waals surface area contributed by atoms with Crippen molar-refractivity contribution in [2.75, 3.05) is 44.1 Å². The molecule has 3 rings (SSSR count). The van der Waals surface area contributed by atoms with E-state index in [-0.39, 0.29) is 62.7 Å². The number of benzene rings is 2. The second-order valence-electron chi connectivity index (χ2n) is 10.8. The van der Waals surface area contributed by atoms with E-state index >= 15 is 0 Å². The Bertz CT molecular complexity index is 1220. The second kappa shape index (κ2) is 21.5. The largest absolute Gasteiger partial charge is 1.00 e. The smallest absolute Gasteiger partial charge is 0.503 e. The van der Waals surface area contributed by atoms with Crippen LogP contribution in [-0.2, 0) is 9.53 Å². The number of anilines is 2. The Balaban J connectivity index is 0.000000543. The average Bonchev–Trinajstić information content (AvgIpc) is 3.03. The van der Waals surface area contributed by atoms with Gasteiger partial charge in [0.2, 0.25) is 0 Å². The molecule has 7 nitrogen and oxygen atoms in total. The Labute approximate surface area is 308 Å². The summed E-state index contributed by atoms with van der Waals surface area (Å²) in [6.07, 6.45) is 15.8. The topological polar surface area (TPSA) is 83.9 Å². The Morgan fingerprint density at radius 3 is 2.34 bits per heavy atom. The van der Waals surface area contributed by atoms with Gasteiger partial charge in [-0.25, -0.2) is 6.08 Å². The molecular formula is C36H49KN3O4-. The number of rotatable bonds is 14. The first-order valence-corrected chi connectivity index (χ1v) is 15.1. The molecule has 1 saturated heterocycles. The van der Waals surface area contributed by atoms with Crippen LogP contribution in [0.4, 0.5) is 11.4 Å². The maximum atomic E-state index is 12.0. The van der Waals surface area contributed by atoms with Crippen LogP contribution in [0.1, 0.15) is 65.4 Å². The maximum Gasteiger partial charge on any atom is 1.00 e. The van der Waals surface area contributed by atoms with Gasteiger partial charge in [-0.3, -0.25) is 10.9 Å². The molecule has 2 N–H and O–H groups in total. The van der Waals surface area contributed by atoms with E-state index in [2.05, 4.69) is 49.7 Å². The monoisotopic (exact) mass is 626 g/mol. The zero-order valence-electron chi connectivity index (χ0n) is 27.8. The summed E-state index contributed by atoms with van der Waals surface area (Å²) in [6, 6.07) is 13.5. The summed E-state index contributed by atoms with van der Waals surface area (Å²) in [7, 11) is 3.22. The molecule has 1 aliphatic rings. The minimum Gasteiger partial charge on any atom is -0.503 e. The SMILES string of the molecule is C=CC=[C-]c1ccc(OC)c(OC)c1.CC[C-]=CC(=N)C(=O)Nc1ccc(N2CCC(C)(OCCC(C)CC)CC2)cc1.[K+]. The summed E-state index contributed by atoms with van der Waals surface area (Å²) >= 11 is 0. The minimum atomic E-state index is -0.415. The Morgan fingerprint density at radius 2 is 1.77 bits per heavy atom. The van der Waals surface area contributed by atoms with Crippen LogP contribution in [0, 0.1) is 23.5 Å². The molecule has 2 aromatic carbocycles. The molecule has 0 aliphatic carbocycles. The van der Waals surface area contributed by atoms with Gasteiger partial charge in [-0.05, 0) is 62.1 Å². The summed E-state index contributed by atoms with van der Waals surface area (Å²) in [5, 5.41) is 10.5. The van der Waals surface area contributed by atoms with Crippen molar-refractivity contribution in [3.8, 4) is 11.5 Å². The van der Waals surface area contributed by atoms with Crippen molar-refractivity contribution in [2.24, 2.45) is 5.92 Å². The standard InChI is InChI=1S/C24H36N3O2.C12H13O2.K/c1-5-7-8-22(25)23(28)26-20-9-11-21(12-10-20)27-16-14-24(4,15-17-27)29-18-13-19(3)6-2;1-4-5-6-10-7-8-11(13-2)12(9-10)14-3;/h8-12,19,25H,5-6,13-18H2,1-4H3,(H,26,28);4-5,7-9H,1H2,2-3H3;/q2*-1;+1. The Hall–Kier alpha value is -2.20. The molecule has 1 amide bonds. The van der Waals surface area contributed by atoms with Crippen LogP contribution in [0.2, 0.25) is 0 Å². The van der Waals surface area contributed by atoms with E-state index in [1.165, 1.54) is 12.5 Å². The number of nitrogens with zero attached hydrogens (tertiary/aromatic N) is 1. The first kappa shape index (κ1) is 39.8. The molecule has 0 aromatic heterocycles. The molecule has 0 bridgehead atoms. The molecule has 1 aliphatic heterocycles. The van der Waals surface area contributed by atoms with E-state index in [1.54, 1.807) is 26.4 Å². The van der Waals surface area contributed by atoms with Gasteiger partial charge in [-0.2, -0.15) is 0 Å². The molecule has 44 heavy (non-hydrogen) atoms. The van der Waals surface area contributed by atoms with Gasteiger partial charge in [0.1, 0.15) is 11.5 Å². The fourth-order valence-electron chi connectivity index (χ4n) is 4.40. The van der Waals surface area contributed by atoms with Crippen LogP contribution in [-0.4, -0.2) is 51.1 Å². The van der Waals surface area contributed by atoms with Crippen molar-refractivity contribution in [3.63, 3.8) is 0 Å². The molecule has 234 valence electrons. The van der Waals surface area contributed by atoms with Crippen LogP contribution >= 0.6 is 0 Å². The van der Waals surface area contributed by atoms with Gasteiger partial charge in [0, 0.05) is 31.1 Å². The van der Waals surface area contributed by atoms with Crippen molar-refractivity contribution < 1.29 is 70.4 Å². The fourth-order valence-corrected chi connectivity index (χ4v) is 4.40. The number of nitrogens with one attached hydrogen (secondary N) is 2. The molecule has 2 aromatic rings. The number of ether oxygens (including phenoxy) is 3. The van der Waals surface area contributed by atoms with Gasteiger partial charge in [-0.15, -0.1) is 42.9 Å². The quantitative estimate of drug-likeness (QED) is 0.136. The van der Waals surface area contributed by atoms with E-state index in [9.17, 15) is 4.79 Å². The summed E-state index contributed by atoms with van der Waals surface area (Å²) in [4.78, 5) is 14.4. The molecule has 1 atom stereocenters. The van der Waals surface area contributed by atoms with Crippen LogP contribution in [0.5, 0.6) is 11.5 Å². The predicted molar refractivity (Wildman–Crippen MR) is 177 cm³/mol. The molecule has 8 heteroatoms. The van der Waals surface area contributed by atoms with E-state index in [0.29, 0.717) is 17.9 Å².